The van der Waals surface area contributed by atoms with E-state index in [0.717, 1.165) is 56.5 Å². The summed E-state index contributed by atoms with van der Waals surface area (Å²) in [4.78, 5) is 29.8. The highest BCUT2D eigenvalue weighted by Gasteiger charge is 2.55. The van der Waals surface area contributed by atoms with Gasteiger partial charge < -0.3 is 14.7 Å². The molecule has 1 saturated heterocycles. The van der Waals surface area contributed by atoms with Gasteiger partial charge in [-0.1, -0.05) is 37.3 Å². The molecule has 0 radical (unpaired) electrons. The van der Waals surface area contributed by atoms with Crippen LogP contribution in [0.25, 0.3) is 10.8 Å². The van der Waals surface area contributed by atoms with Crippen LogP contribution in [-0.4, -0.2) is 76.4 Å². The number of hydrogen-bond donors (Lipinski definition) is 2. The molecular formula is C41H47FN4O4. The fraction of sp³-hybridized carbons (Fsp3) is 0.488. The van der Waals surface area contributed by atoms with Gasteiger partial charge in [0.25, 0.3) is 11.5 Å². The summed E-state index contributed by atoms with van der Waals surface area (Å²) in [6.45, 7) is 6.78. The number of aromatic hydroxyl groups is 1. The van der Waals surface area contributed by atoms with Crippen LogP contribution in [0.15, 0.2) is 65.5 Å². The first-order chi connectivity index (χ1) is 24.3. The number of rotatable bonds is 8. The number of carbonyl (C=O) groups excluding carboxylic acids is 1. The largest absolute Gasteiger partial charge is 0.508 e. The van der Waals surface area contributed by atoms with Gasteiger partial charge in [-0.15, -0.1) is 0 Å². The molecule has 4 aliphatic rings. The van der Waals surface area contributed by atoms with Crippen LogP contribution in [0, 0.1) is 23.1 Å². The number of aromatic nitrogens is 2. The number of nitrogens with one attached hydrogen (secondary N) is 1. The molecule has 0 unspecified atom stereocenters. The summed E-state index contributed by atoms with van der Waals surface area (Å²) in [6.07, 6.45) is 8.71. The standard InChI is InChI=1S/C41H47FN4O4/c1-41-16-15-30-29-11-9-28(47)25-27(29)8-10-31(30)35(41)12-14-38(41)50-22-4-17-45-18-20-46(21-19-45)40(49)34-23-26(7-13-36(34)42)24-37-32-5-2-3-6-33(32)39(48)44-43-37/h2-3,5-7,9,11,13,23,25,30-31,35,38,47H,4,8,10,12,14-22,24H2,1H3,(H,44,48)/t30-,31-,35+,38+,41+/m1/s1. The van der Waals surface area contributed by atoms with E-state index in [0.29, 0.717) is 60.2 Å². The number of carbonyl (C=O) groups is 1. The Bertz CT molecular complexity index is 1950. The first kappa shape index (κ1) is 33.1. The van der Waals surface area contributed by atoms with E-state index in [1.54, 1.807) is 23.1 Å². The van der Waals surface area contributed by atoms with Gasteiger partial charge in [0.2, 0.25) is 0 Å². The minimum absolute atomic E-state index is 0.0761. The van der Waals surface area contributed by atoms with Gasteiger partial charge >= 0.3 is 0 Å². The first-order valence-corrected chi connectivity index (χ1v) is 18.5. The first-order valence-electron chi connectivity index (χ1n) is 18.5. The number of benzene rings is 3. The van der Waals surface area contributed by atoms with Gasteiger partial charge in [0, 0.05) is 51.1 Å². The van der Waals surface area contributed by atoms with Crippen LogP contribution in [0.5, 0.6) is 5.75 Å². The second-order valence-corrected chi connectivity index (χ2v) is 15.3. The van der Waals surface area contributed by atoms with Gasteiger partial charge in [-0.05, 0) is 115 Å². The van der Waals surface area contributed by atoms with Crippen LogP contribution in [0.1, 0.15) is 84.1 Å². The number of halogens is 1. The maximum atomic E-state index is 15.0. The minimum atomic E-state index is -0.525. The number of hydrogen-bond acceptors (Lipinski definition) is 6. The third kappa shape index (κ3) is 6.13. The van der Waals surface area contributed by atoms with Crippen molar-refractivity contribution in [2.75, 3.05) is 39.3 Å². The molecule has 3 fully saturated rings. The summed E-state index contributed by atoms with van der Waals surface area (Å²) >= 11 is 0. The molecule has 8 nitrogen and oxygen atoms in total. The van der Waals surface area contributed by atoms with E-state index < -0.39 is 5.82 Å². The Labute approximate surface area is 292 Å². The van der Waals surface area contributed by atoms with E-state index in [1.165, 1.54) is 42.9 Å². The Balaban J connectivity index is 0.815. The lowest BCUT2D eigenvalue weighted by Crippen LogP contribution is -2.49. The molecule has 262 valence electrons. The Morgan fingerprint density at radius 3 is 2.68 bits per heavy atom. The second-order valence-electron chi connectivity index (χ2n) is 15.3. The van der Waals surface area contributed by atoms with E-state index in [1.807, 2.05) is 30.3 Å². The molecule has 2 heterocycles. The molecule has 0 spiro atoms. The highest BCUT2D eigenvalue weighted by Crippen LogP contribution is 2.61. The summed E-state index contributed by atoms with van der Waals surface area (Å²) < 4.78 is 21.6. The summed E-state index contributed by atoms with van der Waals surface area (Å²) in [5.41, 5.74) is 4.32. The van der Waals surface area contributed by atoms with Gasteiger partial charge in [0.15, 0.2) is 0 Å². The molecule has 4 aromatic rings. The molecule has 1 amide bonds. The predicted octanol–water partition coefficient (Wildman–Crippen LogP) is 6.45. The van der Waals surface area contributed by atoms with E-state index in [-0.39, 0.29) is 22.4 Å². The molecule has 50 heavy (non-hydrogen) atoms. The fourth-order valence-electron chi connectivity index (χ4n) is 10.00. The number of aromatic amines is 1. The molecule has 1 aliphatic heterocycles. The topological polar surface area (TPSA) is 98.8 Å². The third-order valence-electron chi connectivity index (χ3n) is 12.6. The molecular weight excluding hydrogens is 631 g/mol. The number of H-pyrrole nitrogens is 1. The highest BCUT2D eigenvalue weighted by molar-refractivity contribution is 5.95. The molecule has 0 bridgehead atoms. The van der Waals surface area contributed by atoms with E-state index >= 15 is 0 Å². The number of aryl methyl sites for hydroxylation is 1. The normalized spacial score (nSPS) is 26.4. The average molecular weight is 679 g/mol. The number of piperazine rings is 1. The van der Waals surface area contributed by atoms with Gasteiger partial charge in [0.1, 0.15) is 11.6 Å². The van der Waals surface area contributed by atoms with Crippen molar-refractivity contribution in [1.29, 1.82) is 0 Å². The van der Waals surface area contributed by atoms with Crippen molar-refractivity contribution in [2.45, 2.75) is 70.3 Å². The molecule has 3 aromatic carbocycles. The zero-order valence-electron chi connectivity index (χ0n) is 28.9. The fourth-order valence-corrected chi connectivity index (χ4v) is 10.00. The minimum Gasteiger partial charge on any atom is -0.508 e. The zero-order chi connectivity index (χ0) is 34.4. The SMILES string of the molecule is C[C@]12CC[C@@H]3c4ccc(O)cc4CC[C@H]3[C@@H]1CC[C@@H]2OCCCN1CCN(C(=O)c2cc(Cc3n[nH]c(=O)c4ccccc34)ccc2F)CC1. The van der Waals surface area contributed by atoms with Crippen LogP contribution in [-0.2, 0) is 17.6 Å². The molecule has 2 N–H and O–H groups in total. The zero-order valence-corrected chi connectivity index (χ0v) is 28.9. The summed E-state index contributed by atoms with van der Waals surface area (Å²) in [7, 11) is 0. The number of fused-ring (bicyclic) bond motifs is 6. The maximum Gasteiger partial charge on any atom is 0.272 e. The smallest absolute Gasteiger partial charge is 0.272 e. The van der Waals surface area contributed by atoms with Crippen molar-refractivity contribution in [3.8, 4) is 5.75 Å². The Hall–Kier alpha value is -4.08. The lowest BCUT2D eigenvalue weighted by Gasteiger charge is -2.50. The number of amides is 1. The molecule has 5 atom stereocenters. The third-order valence-corrected chi connectivity index (χ3v) is 12.6. The van der Waals surface area contributed by atoms with E-state index in [4.69, 9.17) is 4.74 Å². The van der Waals surface area contributed by atoms with Gasteiger partial charge in [0.05, 0.1) is 22.7 Å². The van der Waals surface area contributed by atoms with Crippen molar-refractivity contribution in [2.24, 2.45) is 17.3 Å². The number of ether oxygens (including phenoxy) is 1. The Morgan fingerprint density at radius 2 is 1.84 bits per heavy atom. The van der Waals surface area contributed by atoms with Crippen LogP contribution in [0.2, 0.25) is 0 Å². The van der Waals surface area contributed by atoms with Crippen molar-refractivity contribution >= 4 is 16.7 Å². The Kier molecular flexibility index (Phi) is 8.98. The molecule has 3 aliphatic carbocycles. The lowest BCUT2D eigenvalue weighted by atomic mass is 9.55. The van der Waals surface area contributed by atoms with E-state index in [2.05, 4.69) is 28.1 Å². The summed E-state index contributed by atoms with van der Waals surface area (Å²) in [5, 5.41) is 18.1. The average Bonchev–Trinajstić information content (AvgIpc) is 3.47. The molecule has 2 saturated carbocycles. The summed E-state index contributed by atoms with van der Waals surface area (Å²) in [5.74, 6) is 1.60. The number of phenolic OH excluding ortho intramolecular Hbond substituents is 1. The van der Waals surface area contributed by atoms with Crippen LogP contribution >= 0.6 is 0 Å². The van der Waals surface area contributed by atoms with Gasteiger partial charge in [-0.25, -0.2) is 9.49 Å². The molecule has 1 aromatic heterocycles. The maximum absolute atomic E-state index is 15.0. The van der Waals surface area contributed by atoms with Crippen molar-refractivity contribution in [1.82, 2.24) is 20.0 Å². The Morgan fingerprint density at radius 1 is 1.02 bits per heavy atom. The van der Waals surface area contributed by atoms with Crippen LogP contribution in [0.3, 0.4) is 0 Å². The van der Waals surface area contributed by atoms with Gasteiger partial charge in [-0.3, -0.25) is 14.5 Å². The van der Waals surface area contributed by atoms with Crippen molar-refractivity contribution in [3.05, 3.63) is 105 Å². The predicted molar refractivity (Wildman–Crippen MR) is 191 cm³/mol. The second kappa shape index (κ2) is 13.6. The quantitative estimate of drug-likeness (QED) is 0.208. The number of phenols is 1. The van der Waals surface area contributed by atoms with Crippen molar-refractivity contribution in [3.63, 3.8) is 0 Å². The lowest BCUT2D eigenvalue weighted by molar-refractivity contribution is -0.0657. The van der Waals surface area contributed by atoms with E-state index in [9.17, 15) is 19.1 Å². The summed E-state index contributed by atoms with van der Waals surface area (Å²) in [6, 6.07) is 18.0. The van der Waals surface area contributed by atoms with Crippen LogP contribution in [0.4, 0.5) is 4.39 Å². The molecule has 8 rings (SSSR count). The van der Waals surface area contributed by atoms with Crippen LogP contribution < -0.4 is 5.56 Å². The monoisotopic (exact) mass is 678 g/mol. The molecule has 9 heteroatoms. The highest BCUT2D eigenvalue weighted by atomic mass is 19.1. The van der Waals surface area contributed by atoms with Gasteiger partial charge in [-0.2, -0.15) is 5.10 Å². The van der Waals surface area contributed by atoms with Crippen molar-refractivity contribution < 1.29 is 19.0 Å². The number of nitrogens with zero attached hydrogens (tertiary/aromatic N) is 3.